The van der Waals surface area contributed by atoms with Crippen molar-refractivity contribution in [3.05, 3.63) is 36.4 Å². The minimum Gasteiger partial charge on any atom is -0.468 e. The zero-order valence-corrected chi connectivity index (χ0v) is 25.0. The third kappa shape index (κ3) is 7.14. The fourth-order valence-electron chi connectivity index (χ4n) is 4.76. The summed E-state index contributed by atoms with van der Waals surface area (Å²) in [4.78, 5) is 43.8. The average molecular weight is 678 g/mol. The Morgan fingerprint density at radius 2 is 1.80 bits per heavy atom. The second kappa shape index (κ2) is 12.9. The van der Waals surface area contributed by atoms with Crippen LogP contribution in [0.5, 0.6) is 6.01 Å². The maximum absolute atomic E-state index is 12.5. The van der Waals surface area contributed by atoms with Gasteiger partial charge in [0, 0.05) is 12.5 Å². The standard InChI is InChI=1S/C22H29N7O14P2/c1-38-22-27-15-18(23)25-9-26-20(15)29(22)14-5-11(30)12(41-14)7-39-44(34,35)43-45(36,37)40-8-13-16(31)17(32)21(42-13)28-4-2-3-10(6-28)19(24)33/h2-4,6,9,11-14,16-17,21,30-32H,5,7-8H2,1H3,(H5-,23,24,25,26,33,34,35,36,37)/p+1/t11-,12+,13+,14+,16+,17+,21+/m0/s1. The van der Waals surface area contributed by atoms with Crippen molar-refractivity contribution in [2.45, 2.75) is 49.4 Å². The largest absolute Gasteiger partial charge is 0.481 e. The van der Waals surface area contributed by atoms with Gasteiger partial charge in [0.2, 0.25) is 0 Å². The number of imidazole rings is 1. The molecule has 3 aromatic rings. The molecule has 1 amide bonds. The van der Waals surface area contributed by atoms with Crippen molar-refractivity contribution in [1.82, 2.24) is 19.5 Å². The van der Waals surface area contributed by atoms with Gasteiger partial charge in [0.25, 0.3) is 12.1 Å². The first-order chi connectivity index (χ1) is 21.2. The number of phosphoric ester groups is 2. The lowest BCUT2D eigenvalue weighted by molar-refractivity contribution is -0.765. The molecule has 2 aliphatic rings. The zero-order valence-electron chi connectivity index (χ0n) is 23.2. The van der Waals surface area contributed by atoms with Gasteiger partial charge >= 0.3 is 21.7 Å². The quantitative estimate of drug-likeness (QED) is 0.0806. The third-order valence-electron chi connectivity index (χ3n) is 6.90. The molecule has 0 saturated carbocycles. The van der Waals surface area contributed by atoms with Gasteiger partial charge in [-0.15, -0.1) is 0 Å². The Labute approximate surface area is 253 Å². The van der Waals surface area contributed by atoms with Gasteiger partial charge in [-0.1, -0.05) is 0 Å². The third-order valence-corrected chi connectivity index (χ3v) is 9.50. The van der Waals surface area contributed by atoms with E-state index in [9.17, 15) is 39.0 Å². The van der Waals surface area contributed by atoms with Gasteiger partial charge in [0.05, 0.1) is 26.4 Å². The van der Waals surface area contributed by atoms with Gasteiger partial charge in [-0.3, -0.25) is 18.4 Å². The first kappa shape index (κ1) is 33.2. The Morgan fingerprint density at radius 1 is 1.11 bits per heavy atom. The Kier molecular flexibility index (Phi) is 9.53. The number of nitrogens with zero attached hydrogens (tertiary/aromatic N) is 5. The first-order valence-electron chi connectivity index (χ1n) is 13.0. The number of rotatable bonds is 12. The molecule has 0 spiro atoms. The number of hydrogen-bond donors (Lipinski definition) is 7. The van der Waals surface area contributed by atoms with Gasteiger partial charge < -0.3 is 50.8 Å². The van der Waals surface area contributed by atoms with Gasteiger partial charge in [0.1, 0.15) is 36.4 Å². The number of phosphoric acid groups is 2. The van der Waals surface area contributed by atoms with Crippen LogP contribution in [0.2, 0.25) is 0 Å². The van der Waals surface area contributed by atoms with Gasteiger partial charge in [-0.2, -0.15) is 13.9 Å². The zero-order chi connectivity index (χ0) is 32.7. The summed E-state index contributed by atoms with van der Waals surface area (Å²) in [5, 5.41) is 31.3. The number of ether oxygens (including phenoxy) is 3. The highest BCUT2D eigenvalue weighted by Crippen LogP contribution is 2.60. The summed E-state index contributed by atoms with van der Waals surface area (Å²) in [7, 11) is -9.30. The van der Waals surface area contributed by atoms with Gasteiger partial charge in [-0.25, -0.2) is 19.1 Å². The molecule has 0 aliphatic carbocycles. The highest BCUT2D eigenvalue weighted by atomic mass is 31.3. The van der Waals surface area contributed by atoms with Crippen LogP contribution in [0, 0.1) is 0 Å². The van der Waals surface area contributed by atoms with E-state index in [4.69, 9.17) is 34.7 Å². The molecule has 3 aromatic heterocycles. The molecule has 5 heterocycles. The number of aliphatic hydroxyl groups excluding tert-OH is 3. The number of pyridine rings is 1. The summed E-state index contributed by atoms with van der Waals surface area (Å²) in [5.74, 6) is -0.684. The van der Waals surface area contributed by atoms with Crippen LogP contribution in [0.3, 0.4) is 0 Å². The second-order valence-electron chi connectivity index (χ2n) is 9.89. The molecule has 2 fully saturated rings. The fraction of sp³-hybridized carbons (Fsp3) is 0.500. The summed E-state index contributed by atoms with van der Waals surface area (Å²) in [6.45, 7) is -1.64. The Hall–Kier alpha value is -3.17. The number of aromatic nitrogens is 5. The van der Waals surface area contributed by atoms with E-state index < -0.39 is 77.7 Å². The van der Waals surface area contributed by atoms with Crippen molar-refractivity contribution in [2.24, 2.45) is 5.73 Å². The Balaban J connectivity index is 1.16. The van der Waals surface area contributed by atoms with Crippen molar-refractivity contribution in [3.63, 3.8) is 0 Å². The molecule has 2 saturated heterocycles. The summed E-state index contributed by atoms with van der Waals surface area (Å²) in [5.41, 5.74) is 11.6. The molecule has 21 nitrogen and oxygen atoms in total. The van der Waals surface area contributed by atoms with Crippen LogP contribution in [0.25, 0.3) is 11.2 Å². The van der Waals surface area contributed by atoms with Crippen LogP contribution in [0.1, 0.15) is 29.2 Å². The number of amides is 1. The number of fused-ring (bicyclic) bond motifs is 1. The first-order valence-corrected chi connectivity index (χ1v) is 16.0. The molecule has 0 radical (unpaired) electrons. The number of anilines is 1. The highest BCUT2D eigenvalue weighted by molar-refractivity contribution is 7.61. The van der Waals surface area contributed by atoms with Crippen LogP contribution in [0.4, 0.5) is 5.82 Å². The predicted molar refractivity (Wildman–Crippen MR) is 145 cm³/mol. The number of nitrogens with two attached hydrogens (primary N) is 2. The lowest BCUT2D eigenvalue weighted by Gasteiger charge is -2.20. The van der Waals surface area contributed by atoms with E-state index >= 15 is 0 Å². The van der Waals surface area contributed by atoms with E-state index in [-0.39, 0.29) is 35.0 Å². The molecule has 9 N–H and O–H groups in total. The fourth-order valence-corrected chi connectivity index (χ4v) is 6.85. The molecular weight excluding hydrogens is 648 g/mol. The number of methoxy groups -OCH3 is 1. The summed E-state index contributed by atoms with van der Waals surface area (Å²) >= 11 is 0. The lowest BCUT2D eigenvalue weighted by Crippen LogP contribution is -2.46. The highest BCUT2D eigenvalue weighted by Gasteiger charge is 2.50. The van der Waals surface area contributed by atoms with Crippen molar-refractivity contribution in [2.75, 3.05) is 26.1 Å². The van der Waals surface area contributed by atoms with Crippen LogP contribution < -0.4 is 20.8 Å². The Bertz CT molecular complexity index is 1660. The van der Waals surface area contributed by atoms with Crippen molar-refractivity contribution >= 4 is 38.5 Å². The van der Waals surface area contributed by atoms with Gasteiger partial charge in [-0.05, 0) is 6.07 Å². The van der Waals surface area contributed by atoms with Crippen molar-refractivity contribution < 1.29 is 71.2 Å². The van der Waals surface area contributed by atoms with Crippen LogP contribution >= 0.6 is 15.6 Å². The summed E-state index contributed by atoms with van der Waals surface area (Å²) in [6, 6.07) is 2.89. The lowest BCUT2D eigenvalue weighted by atomic mass is 10.1. The molecule has 2 aliphatic heterocycles. The van der Waals surface area contributed by atoms with E-state index in [0.29, 0.717) is 0 Å². The molecular formula is C22H30N7O14P2+. The molecule has 0 aromatic carbocycles. The molecule has 246 valence electrons. The van der Waals surface area contributed by atoms with E-state index in [2.05, 4.69) is 19.3 Å². The normalized spacial score (nSPS) is 29.4. The number of primary amides is 1. The van der Waals surface area contributed by atoms with E-state index in [1.54, 1.807) is 0 Å². The van der Waals surface area contributed by atoms with E-state index in [1.165, 1.54) is 47.1 Å². The summed E-state index contributed by atoms with van der Waals surface area (Å²) in [6.07, 6.45) is -5.43. The predicted octanol–water partition coefficient (Wildman–Crippen LogP) is -1.98. The molecule has 5 rings (SSSR count). The Morgan fingerprint density at radius 3 is 2.47 bits per heavy atom. The number of nitrogen functional groups attached to an aromatic ring is 1. The SMILES string of the molecule is COc1nc2c(N)ncnc2n1[C@H]1C[C@H](O)[C@@H](COP(=O)(O)OP(=O)(O)OC[C@H]2O[C@@H]([n+]3cccc(C(N)=O)c3)[C@H](O)[C@@H]2O)O1. The van der Waals surface area contributed by atoms with Crippen molar-refractivity contribution in [1.29, 1.82) is 0 Å². The second-order valence-corrected chi connectivity index (χ2v) is 12.9. The van der Waals surface area contributed by atoms with E-state index in [1.807, 2.05) is 0 Å². The minimum atomic E-state index is -5.33. The molecule has 2 unspecified atom stereocenters. The van der Waals surface area contributed by atoms with Crippen LogP contribution in [-0.2, 0) is 32.0 Å². The maximum atomic E-state index is 12.5. The molecule has 23 heteroatoms. The summed E-state index contributed by atoms with van der Waals surface area (Å²) < 4.78 is 57.9. The molecule has 9 atom stereocenters. The maximum Gasteiger partial charge on any atom is 0.481 e. The average Bonchev–Trinajstić information content (AvgIpc) is 3.63. The topological polar surface area (TPSA) is 307 Å². The van der Waals surface area contributed by atoms with Crippen LogP contribution in [0.15, 0.2) is 30.9 Å². The van der Waals surface area contributed by atoms with E-state index in [0.717, 1.165) is 0 Å². The smallest absolute Gasteiger partial charge is 0.468 e. The number of hydrogen-bond acceptors (Lipinski definition) is 16. The van der Waals surface area contributed by atoms with Crippen molar-refractivity contribution in [3.8, 4) is 6.01 Å². The molecule has 0 bridgehead atoms. The number of carbonyl (C=O) groups excluding carboxylic acids is 1. The van der Waals surface area contributed by atoms with Crippen LogP contribution in [-0.4, -0.2) is 101 Å². The molecule has 45 heavy (non-hydrogen) atoms. The number of carbonyl (C=O) groups is 1. The van der Waals surface area contributed by atoms with Gasteiger partial charge in [0.15, 0.2) is 35.5 Å². The number of aliphatic hydroxyl groups is 3. The minimum absolute atomic E-state index is 0.0403. The monoisotopic (exact) mass is 678 g/mol.